The maximum absolute atomic E-state index is 11.9. The average molecular weight is 277 g/mol. The topological polar surface area (TPSA) is 65.2 Å². The van der Waals surface area contributed by atoms with E-state index >= 15 is 0 Å². The van der Waals surface area contributed by atoms with E-state index in [2.05, 4.69) is 4.98 Å². The fraction of sp³-hybridized carbons (Fsp3) is 0.143. The normalized spacial score (nSPS) is 10.2. The highest BCUT2D eigenvalue weighted by Gasteiger charge is 2.11. The first-order valence-corrected chi connectivity index (χ1v) is 6.07. The monoisotopic (exact) mass is 276 g/mol. The molecule has 0 aliphatic heterocycles. The van der Waals surface area contributed by atoms with Crippen LogP contribution in [0.15, 0.2) is 36.7 Å². The molecule has 0 saturated carbocycles. The van der Waals surface area contributed by atoms with Crippen molar-refractivity contribution >= 4 is 23.3 Å². The molecule has 19 heavy (non-hydrogen) atoms. The number of benzene rings is 1. The molecule has 0 amide bonds. The number of aryl methyl sites for hydroxylation is 1. The van der Waals surface area contributed by atoms with Crippen molar-refractivity contribution in [1.82, 2.24) is 4.98 Å². The predicted molar refractivity (Wildman–Crippen MR) is 74.0 cm³/mol. The van der Waals surface area contributed by atoms with Gasteiger partial charge in [-0.1, -0.05) is 11.6 Å². The Morgan fingerprint density at radius 2 is 2.21 bits per heavy atom. The highest BCUT2D eigenvalue weighted by molar-refractivity contribution is 6.31. The molecule has 0 spiro atoms. The fourth-order valence-corrected chi connectivity index (χ4v) is 1.83. The van der Waals surface area contributed by atoms with Gasteiger partial charge in [-0.05, 0) is 36.8 Å². The molecular formula is C14H13ClN2O2. The second-order valence-corrected chi connectivity index (χ2v) is 4.52. The number of pyridine rings is 1. The molecule has 98 valence electrons. The van der Waals surface area contributed by atoms with Crippen molar-refractivity contribution in [2.24, 2.45) is 0 Å². The van der Waals surface area contributed by atoms with Crippen LogP contribution in [0.25, 0.3) is 0 Å². The minimum absolute atomic E-state index is 0.115. The van der Waals surface area contributed by atoms with E-state index < -0.39 is 5.97 Å². The number of nitrogen functional groups attached to an aromatic ring is 1. The summed E-state index contributed by atoms with van der Waals surface area (Å²) in [6, 6.07) is 6.77. The van der Waals surface area contributed by atoms with Gasteiger partial charge in [0, 0.05) is 23.6 Å². The van der Waals surface area contributed by atoms with Gasteiger partial charge in [0.15, 0.2) is 0 Å². The molecule has 0 aliphatic carbocycles. The second-order valence-electron chi connectivity index (χ2n) is 4.12. The molecule has 1 aromatic carbocycles. The Labute approximate surface area is 116 Å². The van der Waals surface area contributed by atoms with Gasteiger partial charge in [-0.15, -0.1) is 0 Å². The minimum atomic E-state index is -0.398. The summed E-state index contributed by atoms with van der Waals surface area (Å²) in [5.41, 5.74) is 8.26. The largest absolute Gasteiger partial charge is 0.457 e. The molecule has 5 heteroatoms. The van der Waals surface area contributed by atoms with E-state index in [1.54, 1.807) is 30.5 Å². The number of ether oxygens (including phenoxy) is 1. The average Bonchev–Trinajstić information content (AvgIpc) is 2.37. The molecule has 0 fully saturated rings. The number of carbonyl (C=O) groups is 1. The zero-order valence-electron chi connectivity index (χ0n) is 10.4. The summed E-state index contributed by atoms with van der Waals surface area (Å²) >= 11 is 5.94. The summed E-state index contributed by atoms with van der Waals surface area (Å²) in [6.45, 7) is 1.93. The van der Waals surface area contributed by atoms with Gasteiger partial charge in [-0.2, -0.15) is 0 Å². The molecular weight excluding hydrogens is 264 g/mol. The molecule has 2 rings (SSSR count). The third-order valence-corrected chi connectivity index (χ3v) is 3.03. The number of nitrogens with two attached hydrogens (primary N) is 1. The SMILES string of the molecule is Cc1cc(N)ccc1C(=O)OCc1ccncc1Cl. The van der Waals surface area contributed by atoms with Gasteiger partial charge in [-0.25, -0.2) is 4.79 Å². The van der Waals surface area contributed by atoms with Crippen LogP contribution in [0, 0.1) is 6.92 Å². The zero-order chi connectivity index (χ0) is 13.8. The lowest BCUT2D eigenvalue weighted by atomic mass is 10.1. The summed E-state index contributed by atoms with van der Waals surface area (Å²) in [5, 5.41) is 0.476. The van der Waals surface area contributed by atoms with Gasteiger partial charge in [0.05, 0.1) is 10.6 Å². The van der Waals surface area contributed by atoms with E-state index in [1.807, 2.05) is 6.92 Å². The summed E-state index contributed by atoms with van der Waals surface area (Å²) < 4.78 is 5.22. The molecule has 0 unspecified atom stereocenters. The highest BCUT2D eigenvalue weighted by atomic mass is 35.5. The molecule has 4 nitrogen and oxygen atoms in total. The Morgan fingerprint density at radius 1 is 1.42 bits per heavy atom. The van der Waals surface area contributed by atoms with Crippen LogP contribution < -0.4 is 5.73 Å². The molecule has 0 saturated heterocycles. The van der Waals surface area contributed by atoms with Crippen molar-refractivity contribution in [3.63, 3.8) is 0 Å². The molecule has 0 radical (unpaired) electrons. The number of rotatable bonds is 3. The van der Waals surface area contributed by atoms with Crippen molar-refractivity contribution in [3.05, 3.63) is 58.4 Å². The van der Waals surface area contributed by atoms with Crippen LogP contribution in [0.5, 0.6) is 0 Å². The van der Waals surface area contributed by atoms with Gasteiger partial charge in [0.2, 0.25) is 0 Å². The van der Waals surface area contributed by atoms with Gasteiger partial charge in [-0.3, -0.25) is 4.98 Å². The van der Waals surface area contributed by atoms with E-state index in [0.717, 1.165) is 11.1 Å². The summed E-state index contributed by atoms with van der Waals surface area (Å²) in [4.78, 5) is 15.8. The summed E-state index contributed by atoms with van der Waals surface area (Å²) in [6.07, 6.45) is 3.11. The number of hydrogen-bond donors (Lipinski definition) is 1. The zero-order valence-corrected chi connectivity index (χ0v) is 11.1. The van der Waals surface area contributed by atoms with E-state index in [0.29, 0.717) is 16.3 Å². The molecule has 1 heterocycles. The van der Waals surface area contributed by atoms with Crippen molar-refractivity contribution in [2.45, 2.75) is 13.5 Å². The fourth-order valence-electron chi connectivity index (χ4n) is 1.66. The summed E-state index contributed by atoms with van der Waals surface area (Å²) in [7, 11) is 0. The molecule has 0 aliphatic rings. The van der Waals surface area contributed by atoms with Crippen LogP contribution in [-0.4, -0.2) is 11.0 Å². The Kier molecular flexibility index (Phi) is 4.02. The maximum Gasteiger partial charge on any atom is 0.338 e. The van der Waals surface area contributed by atoms with Gasteiger partial charge < -0.3 is 10.5 Å². The van der Waals surface area contributed by atoms with Crippen molar-refractivity contribution < 1.29 is 9.53 Å². The Hall–Kier alpha value is -2.07. The van der Waals surface area contributed by atoms with E-state index in [4.69, 9.17) is 22.1 Å². The first kappa shape index (κ1) is 13.4. The lowest BCUT2D eigenvalue weighted by Crippen LogP contribution is -2.07. The lowest BCUT2D eigenvalue weighted by molar-refractivity contribution is 0.0472. The van der Waals surface area contributed by atoms with E-state index in [1.165, 1.54) is 6.20 Å². The lowest BCUT2D eigenvalue weighted by Gasteiger charge is -2.08. The number of halogens is 1. The number of hydrogen-bond acceptors (Lipinski definition) is 4. The Bertz CT molecular complexity index is 614. The maximum atomic E-state index is 11.9. The van der Waals surface area contributed by atoms with E-state index in [-0.39, 0.29) is 6.61 Å². The van der Waals surface area contributed by atoms with Crippen LogP contribution >= 0.6 is 11.6 Å². The van der Waals surface area contributed by atoms with Crippen molar-refractivity contribution in [1.29, 1.82) is 0 Å². The summed E-state index contributed by atoms with van der Waals surface area (Å²) in [5.74, 6) is -0.398. The van der Waals surface area contributed by atoms with Gasteiger partial charge in [0.25, 0.3) is 0 Å². The number of esters is 1. The number of carbonyl (C=O) groups excluding carboxylic acids is 1. The Morgan fingerprint density at radius 3 is 2.89 bits per heavy atom. The van der Waals surface area contributed by atoms with Gasteiger partial charge in [0.1, 0.15) is 6.61 Å². The van der Waals surface area contributed by atoms with Crippen LogP contribution in [0.1, 0.15) is 21.5 Å². The molecule has 0 bridgehead atoms. The minimum Gasteiger partial charge on any atom is -0.457 e. The second kappa shape index (κ2) is 5.71. The molecule has 1 aromatic heterocycles. The van der Waals surface area contributed by atoms with Crippen molar-refractivity contribution in [2.75, 3.05) is 5.73 Å². The van der Waals surface area contributed by atoms with E-state index in [9.17, 15) is 4.79 Å². The van der Waals surface area contributed by atoms with Gasteiger partial charge >= 0.3 is 5.97 Å². The van der Waals surface area contributed by atoms with Crippen LogP contribution in [0.3, 0.4) is 0 Å². The number of anilines is 1. The standard InChI is InChI=1S/C14H13ClN2O2/c1-9-6-11(16)2-3-12(9)14(18)19-8-10-4-5-17-7-13(10)15/h2-7H,8,16H2,1H3. The Balaban J connectivity index is 2.08. The molecule has 0 atom stereocenters. The third kappa shape index (κ3) is 3.23. The first-order chi connectivity index (χ1) is 9.08. The number of aromatic nitrogens is 1. The molecule has 2 aromatic rings. The van der Waals surface area contributed by atoms with Crippen molar-refractivity contribution in [3.8, 4) is 0 Å². The number of nitrogens with zero attached hydrogens (tertiary/aromatic N) is 1. The van der Waals surface area contributed by atoms with Crippen LogP contribution in [0.2, 0.25) is 5.02 Å². The van der Waals surface area contributed by atoms with Crippen LogP contribution in [-0.2, 0) is 11.3 Å². The smallest absolute Gasteiger partial charge is 0.338 e. The predicted octanol–water partition coefficient (Wildman–Crippen LogP) is 2.98. The third-order valence-electron chi connectivity index (χ3n) is 2.69. The molecule has 2 N–H and O–H groups in total. The first-order valence-electron chi connectivity index (χ1n) is 5.69. The quantitative estimate of drug-likeness (QED) is 0.691. The van der Waals surface area contributed by atoms with Crippen LogP contribution in [0.4, 0.5) is 5.69 Å². The highest BCUT2D eigenvalue weighted by Crippen LogP contribution is 2.17.